The fourth-order valence-corrected chi connectivity index (χ4v) is 3.78. The largest absolute Gasteiger partial charge is 0.299 e. The van der Waals surface area contributed by atoms with Crippen molar-refractivity contribution in [3.63, 3.8) is 0 Å². The third-order valence-electron chi connectivity index (χ3n) is 4.90. The van der Waals surface area contributed by atoms with Gasteiger partial charge in [0.15, 0.2) is 0 Å². The lowest BCUT2D eigenvalue weighted by Gasteiger charge is -2.50. The van der Waals surface area contributed by atoms with E-state index in [9.17, 15) is 0 Å². The van der Waals surface area contributed by atoms with Crippen LogP contribution in [0, 0.1) is 0 Å². The summed E-state index contributed by atoms with van der Waals surface area (Å²) < 4.78 is 0. The number of hydrazine groups is 1. The number of nitrogens with two attached hydrogens (primary N) is 1. The molecule has 3 aliphatic heterocycles. The van der Waals surface area contributed by atoms with Gasteiger partial charge < -0.3 is 0 Å². The SMILES string of the molecule is NNC(c1cccc2ncccc12)C1CN2CCN1CC2. The van der Waals surface area contributed by atoms with Crippen molar-refractivity contribution in [2.45, 2.75) is 12.1 Å². The topological polar surface area (TPSA) is 57.4 Å². The van der Waals surface area contributed by atoms with Gasteiger partial charge in [-0.05, 0) is 17.7 Å². The summed E-state index contributed by atoms with van der Waals surface area (Å²) in [7, 11) is 0. The lowest BCUT2D eigenvalue weighted by molar-refractivity contribution is -0.00348. The van der Waals surface area contributed by atoms with E-state index in [1.165, 1.54) is 24.0 Å². The van der Waals surface area contributed by atoms with Crippen LogP contribution in [0.25, 0.3) is 10.9 Å². The van der Waals surface area contributed by atoms with Gasteiger partial charge in [0.2, 0.25) is 0 Å². The van der Waals surface area contributed by atoms with E-state index in [1.807, 2.05) is 12.3 Å². The molecular formula is C16H21N5. The molecule has 1 aromatic heterocycles. The van der Waals surface area contributed by atoms with Gasteiger partial charge in [0, 0.05) is 50.3 Å². The van der Waals surface area contributed by atoms with Gasteiger partial charge in [0.25, 0.3) is 0 Å². The van der Waals surface area contributed by atoms with Crippen molar-refractivity contribution in [3.05, 3.63) is 42.1 Å². The molecular weight excluding hydrogens is 262 g/mol. The number of hydrogen-bond acceptors (Lipinski definition) is 5. The van der Waals surface area contributed by atoms with Crippen LogP contribution in [0.3, 0.4) is 0 Å². The number of nitrogens with zero attached hydrogens (tertiary/aromatic N) is 3. The number of aromatic nitrogens is 1. The van der Waals surface area contributed by atoms with E-state index in [1.54, 1.807) is 0 Å². The van der Waals surface area contributed by atoms with Crippen molar-refractivity contribution < 1.29 is 0 Å². The van der Waals surface area contributed by atoms with Crippen LogP contribution in [0.2, 0.25) is 0 Å². The van der Waals surface area contributed by atoms with Crippen LogP contribution in [0.4, 0.5) is 0 Å². The molecule has 110 valence electrons. The van der Waals surface area contributed by atoms with Gasteiger partial charge in [-0.25, -0.2) is 0 Å². The lowest BCUT2D eigenvalue weighted by Crippen LogP contribution is -2.64. The third kappa shape index (κ3) is 2.22. The summed E-state index contributed by atoms with van der Waals surface area (Å²) in [5, 5.41) is 1.19. The number of piperazine rings is 3. The molecule has 4 heterocycles. The zero-order valence-corrected chi connectivity index (χ0v) is 12.1. The monoisotopic (exact) mass is 283 g/mol. The minimum atomic E-state index is 0.140. The summed E-state index contributed by atoms with van der Waals surface area (Å²) in [6, 6.07) is 11.0. The molecule has 3 aliphatic rings. The number of rotatable bonds is 3. The summed E-state index contributed by atoms with van der Waals surface area (Å²) >= 11 is 0. The molecule has 2 atom stereocenters. The zero-order valence-electron chi connectivity index (χ0n) is 12.1. The van der Waals surface area contributed by atoms with Crippen LogP contribution >= 0.6 is 0 Å². The zero-order chi connectivity index (χ0) is 14.2. The number of fused-ring (bicyclic) bond motifs is 4. The number of benzene rings is 1. The maximum Gasteiger partial charge on any atom is 0.0705 e. The van der Waals surface area contributed by atoms with Crippen molar-refractivity contribution in [2.24, 2.45) is 5.84 Å². The molecule has 0 radical (unpaired) electrons. The molecule has 3 N–H and O–H groups in total. The minimum Gasteiger partial charge on any atom is -0.299 e. The number of hydrogen-bond donors (Lipinski definition) is 2. The van der Waals surface area contributed by atoms with Crippen LogP contribution in [0.1, 0.15) is 11.6 Å². The first-order valence-corrected chi connectivity index (χ1v) is 7.63. The van der Waals surface area contributed by atoms with Crippen LogP contribution in [-0.2, 0) is 0 Å². The molecule has 2 bridgehead atoms. The highest BCUT2D eigenvalue weighted by atomic mass is 15.4. The molecule has 21 heavy (non-hydrogen) atoms. The predicted molar refractivity (Wildman–Crippen MR) is 83.6 cm³/mol. The Balaban J connectivity index is 1.75. The molecule has 5 nitrogen and oxygen atoms in total. The highest BCUT2D eigenvalue weighted by molar-refractivity contribution is 5.82. The second-order valence-corrected chi connectivity index (χ2v) is 5.97. The van der Waals surface area contributed by atoms with Gasteiger partial charge in [0.1, 0.15) is 0 Å². The first-order valence-electron chi connectivity index (χ1n) is 7.63. The Morgan fingerprint density at radius 1 is 1.14 bits per heavy atom. The molecule has 2 unspecified atom stereocenters. The van der Waals surface area contributed by atoms with Crippen molar-refractivity contribution in [1.29, 1.82) is 0 Å². The Labute approximate surface area is 124 Å². The second kappa shape index (κ2) is 5.35. The average Bonchev–Trinajstić information content (AvgIpc) is 2.57. The van der Waals surface area contributed by atoms with Crippen LogP contribution in [0.15, 0.2) is 36.5 Å². The quantitative estimate of drug-likeness (QED) is 0.643. The Morgan fingerprint density at radius 3 is 2.71 bits per heavy atom. The van der Waals surface area contributed by atoms with Crippen molar-refractivity contribution in [1.82, 2.24) is 20.2 Å². The summed E-state index contributed by atoms with van der Waals surface area (Å²) in [6.07, 6.45) is 1.84. The molecule has 0 amide bonds. The Bertz CT molecular complexity index is 630. The van der Waals surface area contributed by atoms with Gasteiger partial charge in [-0.2, -0.15) is 0 Å². The molecule has 0 spiro atoms. The van der Waals surface area contributed by atoms with Gasteiger partial charge in [0.05, 0.1) is 11.6 Å². The summed E-state index contributed by atoms with van der Waals surface area (Å²) in [5.41, 5.74) is 5.35. The molecule has 2 aromatic rings. The second-order valence-electron chi connectivity index (χ2n) is 5.97. The molecule has 3 saturated heterocycles. The maximum absolute atomic E-state index is 5.94. The van der Waals surface area contributed by atoms with E-state index in [4.69, 9.17) is 5.84 Å². The lowest BCUT2D eigenvalue weighted by atomic mass is 9.92. The van der Waals surface area contributed by atoms with Crippen molar-refractivity contribution in [2.75, 3.05) is 32.7 Å². The van der Waals surface area contributed by atoms with Gasteiger partial charge in [-0.15, -0.1) is 0 Å². The molecule has 5 heteroatoms. The van der Waals surface area contributed by atoms with E-state index >= 15 is 0 Å². The average molecular weight is 283 g/mol. The van der Waals surface area contributed by atoms with E-state index in [-0.39, 0.29) is 6.04 Å². The smallest absolute Gasteiger partial charge is 0.0705 e. The number of nitrogens with one attached hydrogen (secondary N) is 1. The van der Waals surface area contributed by atoms with E-state index in [0.29, 0.717) is 6.04 Å². The first kappa shape index (κ1) is 13.2. The van der Waals surface area contributed by atoms with Gasteiger partial charge in [-0.3, -0.25) is 26.1 Å². The first-order chi connectivity index (χ1) is 10.4. The summed E-state index contributed by atoms with van der Waals surface area (Å²) in [4.78, 5) is 9.57. The Hall–Kier alpha value is -1.53. The molecule has 0 saturated carbocycles. The van der Waals surface area contributed by atoms with Gasteiger partial charge in [-0.1, -0.05) is 18.2 Å². The van der Waals surface area contributed by atoms with E-state index in [2.05, 4.69) is 44.5 Å². The molecule has 0 aliphatic carbocycles. The number of pyridine rings is 1. The standard InChI is InChI=1S/C16H21N5/c17-19-16(15-11-20-7-9-21(15)10-8-20)13-3-1-5-14-12(13)4-2-6-18-14/h1-6,15-16,19H,7-11,17H2. The minimum absolute atomic E-state index is 0.140. The molecule has 3 fully saturated rings. The summed E-state index contributed by atoms with van der Waals surface area (Å²) in [6.45, 7) is 5.75. The Morgan fingerprint density at radius 2 is 2.00 bits per heavy atom. The third-order valence-corrected chi connectivity index (χ3v) is 4.90. The fraction of sp³-hybridized carbons (Fsp3) is 0.438. The fourth-order valence-electron chi connectivity index (χ4n) is 3.78. The van der Waals surface area contributed by atoms with E-state index in [0.717, 1.165) is 25.2 Å². The predicted octanol–water partition coefficient (Wildman–Crippen LogP) is 0.739. The van der Waals surface area contributed by atoms with Crippen LogP contribution in [-0.4, -0.2) is 53.5 Å². The molecule has 5 rings (SSSR count). The normalized spacial score (nSPS) is 29.7. The Kier molecular flexibility index (Phi) is 3.35. The van der Waals surface area contributed by atoms with Gasteiger partial charge >= 0.3 is 0 Å². The van der Waals surface area contributed by atoms with Crippen molar-refractivity contribution in [3.8, 4) is 0 Å². The highest BCUT2D eigenvalue weighted by Crippen LogP contribution is 2.30. The van der Waals surface area contributed by atoms with Crippen molar-refractivity contribution >= 4 is 10.9 Å². The van der Waals surface area contributed by atoms with Crippen LogP contribution in [0.5, 0.6) is 0 Å². The molecule has 1 aromatic carbocycles. The summed E-state index contributed by atoms with van der Waals surface area (Å²) in [5.74, 6) is 5.94. The van der Waals surface area contributed by atoms with E-state index < -0.39 is 0 Å². The highest BCUT2D eigenvalue weighted by Gasteiger charge is 2.37. The maximum atomic E-state index is 5.94. The van der Waals surface area contributed by atoms with Crippen LogP contribution < -0.4 is 11.3 Å².